The summed E-state index contributed by atoms with van der Waals surface area (Å²) in [6, 6.07) is 12.2. The third-order valence-corrected chi connectivity index (χ3v) is 4.84. The van der Waals surface area contributed by atoms with Gasteiger partial charge in [0.2, 0.25) is 0 Å². The van der Waals surface area contributed by atoms with Crippen molar-refractivity contribution >= 4 is 56.4 Å². The van der Waals surface area contributed by atoms with Crippen LogP contribution in [-0.4, -0.2) is 14.9 Å². The Balaban J connectivity index is 1.68. The number of anilines is 2. The Morgan fingerprint density at radius 1 is 1.14 bits per heavy atom. The molecule has 0 saturated carbocycles. The molecule has 0 atom stereocenters. The van der Waals surface area contributed by atoms with Gasteiger partial charge in [0, 0.05) is 16.9 Å². The molecule has 146 valence electrons. The quantitative estimate of drug-likeness (QED) is 0.430. The van der Waals surface area contributed by atoms with E-state index in [1.165, 1.54) is 12.1 Å². The number of benzene rings is 2. The van der Waals surface area contributed by atoms with E-state index in [2.05, 4.69) is 31.7 Å². The van der Waals surface area contributed by atoms with E-state index in [1.54, 1.807) is 16.9 Å². The zero-order valence-corrected chi connectivity index (χ0v) is 17.3. The monoisotopic (exact) mass is 488 g/mol. The highest BCUT2D eigenvalue weighted by Gasteiger charge is 2.30. The lowest BCUT2D eigenvalue weighted by molar-refractivity contribution is -0.137. The molecule has 0 fully saturated rings. The van der Waals surface area contributed by atoms with Gasteiger partial charge >= 0.3 is 6.18 Å². The first-order valence-corrected chi connectivity index (χ1v) is 9.52. The fourth-order valence-electron chi connectivity index (χ4n) is 2.41. The first-order valence-electron chi connectivity index (χ1n) is 7.94. The summed E-state index contributed by atoms with van der Waals surface area (Å²) in [5, 5.41) is 10.7. The molecule has 1 heterocycles. The molecule has 1 aromatic heterocycles. The van der Waals surface area contributed by atoms with Crippen LogP contribution in [0.2, 0.25) is 5.02 Å². The van der Waals surface area contributed by atoms with Crippen LogP contribution in [0.25, 0.3) is 0 Å². The minimum absolute atomic E-state index is 0.114. The van der Waals surface area contributed by atoms with Crippen molar-refractivity contribution in [3.63, 3.8) is 0 Å². The van der Waals surface area contributed by atoms with Crippen LogP contribution in [0.3, 0.4) is 0 Å². The lowest BCUT2D eigenvalue weighted by Gasteiger charge is -2.12. The maximum atomic E-state index is 12.8. The average Bonchev–Trinajstić information content (AvgIpc) is 2.95. The van der Waals surface area contributed by atoms with Gasteiger partial charge in [-0.25, -0.2) is 0 Å². The van der Waals surface area contributed by atoms with E-state index >= 15 is 0 Å². The molecule has 28 heavy (non-hydrogen) atoms. The van der Waals surface area contributed by atoms with Gasteiger partial charge in [0.1, 0.15) is 0 Å². The number of rotatable bonds is 4. The molecule has 0 radical (unpaired) electrons. The summed E-state index contributed by atoms with van der Waals surface area (Å²) >= 11 is 14.7. The van der Waals surface area contributed by atoms with Gasteiger partial charge in [-0.05, 0) is 58.0 Å². The van der Waals surface area contributed by atoms with Crippen molar-refractivity contribution in [1.82, 2.24) is 9.78 Å². The number of halogens is 5. The zero-order chi connectivity index (χ0) is 20.3. The smallest absolute Gasteiger partial charge is 0.332 e. The van der Waals surface area contributed by atoms with Gasteiger partial charge < -0.3 is 10.6 Å². The van der Waals surface area contributed by atoms with Crippen molar-refractivity contribution in [2.75, 3.05) is 10.6 Å². The lowest BCUT2D eigenvalue weighted by Crippen LogP contribution is -2.20. The van der Waals surface area contributed by atoms with Crippen molar-refractivity contribution in [2.24, 2.45) is 0 Å². The van der Waals surface area contributed by atoms with Gasteiger partial charge in [0.15, 0.2) is 10.9 Å². The van der Waals surface area contributed by atoms with Gasteiger partial charge in [0.25, 0.3) is 0 Å². The number of hydrogen-bond acceptors (Lipinski definition) is 2. The molecule has 10 heteroatoms. The van der Waals surface area contributed by atoms with Gasteiger partial charge in [-0.1, -0.05) is 35.9 Å². The van der Waals surface area contributed by atoms with Gasteiger partial charge in [-0.2, -0.15) is 18.3 Å². The van der Waals surface area contributed by atoms with Crippen molar-refractivity contribution in [2.45, 2.75) is 12.7 Å². The molecule has 0 aliphatic rings. The minimum atomic E-state index is -4.42. The number of alkyl halides is 3. The fraction of sp³-hybridized carbons (Fsp3) is 0.111. The van der Waals surface area contributed by atoms with Crippen LogP contribution in [0.1, 0.15) is 11.1 Å². The van der Waals surface area contributed by atoms with E-state index in [-0.39, 0.29) is 10.8 Å². The molecule has 0 spiro atoms. The first kappa shape index (κ1) is 20.6. The molecule has 2 aromatic carbocycles. The van der Waals surface area contributed by atoms with Crippen LogP contribution in [0.15, 0.2) is 59.2 Å². The predicted octanol–water partition coefficient (Wildman–Crippen LogP) is 6.18. The largest absolute Gasteiger partial charge is 0.416 e. The van der Waals surface area contributed by atoms with E-state index in [0.29, 0.717) is 21.9 Å². The normalized spacial score (nSPS) is 11.3. The number of hydrogen-bond donors (Lipinski definition) is 2. The topological polar surface area (TPSA) is 41.9 Å². The van der Waals surface area contributed by atoms with Crippen LogP contribution in [0.5, 0.6) is 0 Å². The lowest BCUT2D eigenvalue weighted by atomic mass is 10.2. The van der Waals surface area contributed by atoms with Crippen molar-refractivity contribution < 1.29 is 13.2 Å². The van der Waals surface area contributed by atoms with E-state index in [4.69, 9.17) is 23.8 Å². The molecule has 0 saturated heterocycles. The Morgan fingerprint density at radius 2 is 1.89 bits per heavy atom. The van der Waals surface area contributed by atoms with Crippen molar-refractivity contribution in [3.05, 3.63) is 75.4 Å². The third-order valence-electron chi connectivity index (χ3n) is 3.69. The van der Waals surface area contributed by atoms with Gasteiger partial charge in [-0.15, -0.1) is 0 Å². The van der Waals surface area contributed by atoms with Crippen molar-refractivity contribution in [1.29, 1.82) is 0 Å². The maximum Gasteiger partial charge on any atom is 0.416 e. The summed E-state index contributed by atoms with van der Waals surface area (Å²) in [5.41, 5.74) is 0.361. The molecule has 0 aliphatic heterocycles. The Bertz CT molecular complexity index is 1010. The summed E-state index contributed by atoms with van der Waals surface area (Å²) in [5.74, 6) is 0.427. The number of thiocarbonyl (C=S) groups is 1. The van der Waals surface area contributed by atoms with Crippen LogP contribution < -0.4 is 10.6 Å². The average molecular weight is 490 g/mol. The second-order valence-corrected chi connectivity index (χ2v) is 7.44. The van der Waals surface area contributed by atoms with Crippen LogP contribution in [0.4, 0.5) is 24.7 Å². The standard InChI is InChI=1S/C18H13BrClF3N4S/c19-14-10-27(9-11-4-1-2-7-15(11)20)26-16(14)25-17(28)24-13-6-3-5-12(8-13)18(21,22)23/h1-8,10H,9H2,(H2,24,25,26,28). The molecule has 0 bridgehead atoms. The van der Waals surface area contributed by atoms with E-state index in [9.17, 15) is 13.2 Å². The Kier molecular flexibility index (Phi) is 6.26. The second kappa shape index (κ2) is 8.50. The molecule has 2 N–H and O–H groups in total. The Morgan fingerprint density at radius 3 is 2.61 bits per heavy atom. The third kappa shape index (κ3) is 5.24. The fourth-order valence-corrected chi connectivity index (χ4v) is 3.23. The summed E-state index contributed by atoms with van der Waals surface area (Å²) in [4.78, 5) is 0. The molecule has 0 amide bonds. The first-order chi connectivity index (χ1) is 13.2. The summed E-state index contributed by atoms with van der Waals surface area (Å²) in [6.07, 6.45) is -2.67. The van der Waals surface area contributed by atoms with E-state index < -0.39 is 11.7 Å². The van der Waals surface area contributed by atoms with E-state index in [0.717, 1.165) is 17.7 Å². The number of nitrogens with one attached hydrogen (secondary N) is 2. The predicted molar refractivity (Wildman–Crippen MR) is 112 cm³/mol. The molecular weight excluding hydrogens is 477 g/mol. The molecular formula is C18H13BrClF3N4S. The molecule has 0 unspecified atom stereocenters. The Hall–Kier alpha value is -2.10. The summed E-state index contributed by atoms with van der Waals surface area (Å²) < 4.78 is 40.7. The SMILES string of the molecule is FC(F)(F)c1cccc(NC(=S)Nc2nn(Cc3ccccc3Cl)cc2Br)c1. The number of aromatic nitrogens is 2. The minimum Gasteiger partial charge on any atom is -0.332 e. The van der Waals surface area contributed by atoms with Gasteiger partial charge in [-0.3, -0.25) is 4.68 Å². The highest BCUT2D eigenvalue weighted by Crippen LogP contribution is 2.30. The van der Waals surface area contributed by atoms with Crippen LogP contribution >= 0.6 is 39.7 Å². The maximum absolute atomic E-state index is 12.8. The van der Waals surface area contributed by atoms with Crippen LogP contribution in [-0.2, 0) is 12.7 Å². The van der Waals surface area contributed by atoms with Crippen LogP contribution in [0, 0.1) is 0 Å². The van der Waals surface area contributed by atoms with E-state index in [1.807, 2.05) is 18.2 Å². The number of nitrogens with zero attached hydrogens (tertiary/aromatic N) is 2. The summed E-state index contributed by atoms with van der Waals surface area (Å²) in [6.45, 7) is 0.452. The zero-order valence-electron chi connectivity index (χ0n) is 14.1. The van der Waals surface area contributed by atoms with Crippen molar-refractivity contribution in [3.8, 4) is 0 Å². The molecule has 3 aromatic rings. The second-order valence-electron chi connectivity index (χ2n) is 5.77. The molecule has 3 rings (SSSR count). The highest BCUT2D eigenvalue weighted by molar-refractivity contribution is 9.10. The summed E-state index contributed by atoms with van der Waals surface area (Å²) in [7, 11) is 0. The van der Waals surface area contributed by atoms with Gasteiger partial charge in [0.05, 0.1) is 16.6 Å². The molecule has 0 aliphatic carbocycles. The molecule has 4 nitrogen and oxygen atoms in total. The Labute approximate surface area is 177 Å². The highest BCUT2D eigenvalue weighted by atomic mass is 79.9.